The topological polar surface area (TPSA) is 25.8 Å². The third-order valence-electron chi connectivity index (χ3n) is 2.42. The van der Waals surface area contributed by atoms with E-state index < -0.39 is 0 Å². The van der Waals surface area contributed by atoms with Gasteiger partial charge < -0.3 is 0 Å². The summed E-state index contributed by atoms with van der Waals surface area (Å²) >= 11 is 5.72. The summed E-state index contributed by atoms with van der Waals surface area (Å²) in [5.74, 6) is 0.550. The van der Waals surface area contributed by atoms with Crippen LogP contribution in [0.25, 0.3) is 0 Å². The van der Waals surface area contributed by atoms with Crippen LogP contribution in [0, 0.1) is 0 Å². The Balaban J connectivity index is 2.47. The van der Waals surface area contributed by atoms with E-state index in [0.717, 1.165) is 12.1 Å². The number of hydrogen-bond acceptors (Lipinski definition) is 2. The van der Waals surface area contributed by atoms with E-state index in [1.807, 2.05) is 6.20 Å². The van der Waals surface area contributed by atoms with Gasteiger partial charge in [-0.05, 0) is 42.3 Å². The van der Waals surface area contributed by atoms with Crippen LogP contribution in [-0.2, 0) is 6.42 Å². The Hall–Kier alpha value is -0.630. The second-order valence-electron chi connectivity index (χ2n) is 3.34. The van der Waals surface area contributed by atoms with Crippen molar-refractivity contribution in [3.05, 3.63) is 22.7 Å². The van der Waals surface area contributed by atoms with Crippen molar-refractivity contribution in [3.8, 4) is 0 Å². The molecule has 1 heterocycles. The Morgan fingerprint density at radius 3 is 3.25 bits per heavy atom. The Morgan fingerprint density at radius 1 is 1.58 bits per heavy atom. The van der Waals surface area contributed by atoms with Crippen molar-refractivity contribution in [1.29, 1.82) is 0 Å². The highest BCUT2D eigenvalue weighted by Gasteiger charge is 2.18. The molecular weight excluding hydrogens is 172 g/mol. The molecule has 1 unspecified atom stereocenters. The van der Waals surface area contributed by atoms with Gasteiger partial charge in [-0.25, -0.2) is 9.97 Å². The molecule has 1 aliphatic carbocycles. The quantitative estimate of drug-likeness (QED) is 0.577. The number of aromatic nitrogens is 2. The van der Waals surface area contributed by atoms with Gasteiger partial charge in [0.1, 0.15) is 0 Å². The molecule has 1 aliphatic rings. The molecule has 1 aromatic rings. The predicted octanol–water partition coefficient (Wildman–Crippen LogP) is 2.57. The Bertz CT molecular complexity index is 299. The summed E-state index contributed by atoms with van der Waals surface area (Å²) in [6.07, 6.45) is 5.44. The van der Waals surface area contributed by atoms with Gasteiger partial charge in [-0.15, -0.1) is 0 Å². The number of halogens is 1. The summed E-state index contributed by atoms with van der Waals surface area (Å²) in [5.41, 5.74) is 2.43. The molecule has 12 heavy (non-hydrogen) atoms. The Labute approximate surface area is 77.0 Å². The highest BCUT2D eigenvalue weighted by atomic mass is 35.5. The van der Waals surface area contributed by atoms with E-state index in [1.54, 1.807) is 0 Å². The second-order valence-corrected chi connectivity index (χ2v) is 3.68. The van der Waals surface area contributed by atoms with Crippen molar-refractivity contribution in [3.63, 3.8) is 0 Å². The second kappa shape index (κ2) is 3.02. The smallest absolute Gasteiger partial charge is 0.222 e. The van der Waals surface area contributed by atoms with Crippen molar-refractivity contribution in [2.45, 2.75) is 32.1 Å². The van der Waals surface area contributed by atoms with Gasteiger partial charge in [0.05, 0.1) is 5.69 Å². The van der Waals surface area contributed by atoms with Crippen molar-refractivity contribution < 1.29 is 0 Å². The summed E-state index contributed by atoms with van der Waals surface area (Å²) < 4.78 is 0. The maximum atomic E-state index is 5.72. The molecule has 1 atom stereocenters. The van der Waals surface area contributed by atoms with E-state index in [0.29, 0.717) is 11.2 Å². The predicted molar refractivity (Wildman–Crippen MR) is 48.4 cm³/mol. The van der Waals surface area contributed by atoms with Gasteiger partial charge in [0.2, 0.25) is 5.28 Å². The van der Waals surface area contributed by atoms with Crippen LogP contribution in [0.3, 0.4) is 0 Å². The van der Waals surface area contributed by atoms with E-state index in [9.17, 15) is 0 Å². The van der Waals surface area contributed by atoms with Crippen LogP contribution >= 0.6 is 11.6 Å². The molecule has 0 fully saturated rings. The fourth-order valence-electron chi connectivity index (χ4n) is 1.75. The zero-order valence-electron chi connectivity index (χ0n) is 7.05. The van der Waals surface area contributed by atoms with Crippen LogP contribution < -0.4 is 0 Å². The maximum absolute atomic E-state index is 5.72. The lowest BCUT2D eigenvalue weighted by Crippen LogP contribution is -2.10. The zero-order chi connectivity index (χ0) is 8.55. The van der Waals surface area contributed by atoms with Crippen LogP contribution in [-0.4, -0.2) is 9.97 Å². The largest absolute Gasteiger partial charge is 0.226 e. The highest BCUT2D eigenvalue weighted by Crippen LogP contribution is 2.29. The number of rotatable bonds is 0. The van der Waals surface area contributed by atoms with Crippen LogP contribution in [0.2, 0.25) is 5.28 Å². The molecule has 0 spiro atoms. The van der Waals surface area contributed by atoms with E-state index in [2.05, 4.69) is 16.9 Å². The Kier molecular flexibility index (Phi) is 2.01. The summed E-state index contributed by atoms with van der Waals surface area (Å²) in [7, 11) is 0. The van der Waals surface area contributed by atoms with Gasteiger partial charge in [0.15, 0.2) is 0 Å². The summed E-state index contributed by atoms with van der Waals surface area (Å²) in [4.78, 5) is 8.23. The molecule has 0 N–H and O–H groups in total. The van der Waals surface area contributed by atoms with E-state index in [-0.39, 0.29) is 0 Å². The van der Waals surface area contributed by atoms with Gasteiger partial charge in [-0.3, -0.25) is 0 Å². The zero-order valence-corrected chi connectivity index (χ0v) is 7.80. The lowest BCUT2D eigenvalue weighted by Gasteiger charge is -2.20. The maximum Gasteiger partial charge on any atom is 0.222 e. The molecule has 3 heteroatoms. The summed E-state index contributed by atoms with van der Waals surface area (Å²) in [6, 6.07) is 0. The number of aryl methyl sites for hydroxylation is 1. The first-order valence-electron chi connectivity index (χ1n) is 4.28. The fourth-order valence-corrected chi connectivity index (χ4v) is 1.89. The minimum Gasteiger partial charge on any atom is -0.226 e. The molecule has 2 rings (SSSR count). The molecular formula is C9H11ClN2. The number of hydrogen-bond donors (Lipinski definition) is 0. The lowest BCUT2D eigenvalue weighted by atomic mass is 9.89. The van der Waals surface area contributed by atoms with Gasteiger partial charge in [-0.2, -0.15) is 0 Å². The van der Waals surface area contributed by atoms with Crippen molar-refractivity contribution >= 4 is 11.6 Å². The third kappa shape index (κ3) is 1.31. The fraction of sp³-hybridized carbons (Fsp3) is 0.556. The van der Waals surface area contributed by atoms with Gasteiger partial charge in [0.25, 0.3) is 0 Å². The van der Waals surface area contributed by atoms with Gasteiger partial charge in [0, 0.05) is 6.20 Å². The van der Waals surface area contributed by atoms with Gasteiger partial charge >= 0.3 is 0 Å². The molecule has 0 radical (unpaired) electrons. The normalized spacial score (nSPS) is 22.0. The molecule has 1 aromatic heterocycles. The number of fused-ring (bicyclic) bond motifs is 1. The van der Waals surface area contributed by atoms with E-state index in [1.165, 1.54) is 18.4 Å². The standard InChI is InChI=1S/C9H11ClN2/c1-6-3-2-4-7-5-11-9(10)12-8(6)7/h5-6H,2-4H2,1H3. The summed E-state index contributed by atoms with van der Waals surface area (Å²) in [6.45, 7) is 2.20. The Morgan fingerprint density at radius 2 is 2.42 bits per heavy atom. The molecule has 0 bridgehead atoms. The van der Waals surface area contributed by atoms with Crippen LogP contribution in [0.1, 0.15) is 36.9 Å². The van der Waals surface area contributed by atoms with Gasteiger partial charge in [-0.1, -0.05) is 6.92 Å². The SMILES string of the molecule is CC1CCCc2cnc(Cl)nc21. The van der Waals surface area contributed by atoms with E-state index >= 15 is 0 Å². The molecule has 0 saturated heterocycles. The first-order chi connectivity index (χ1) is 5.77. The molecule has 0 amide bonds. The van der Waals surface area contributed by atoms with Crippen LogP contribution in [0.4, 0.5) is 0 Å². The molecule has 0 aromatic carbocycles. The van der Waals surface area contributed by atoms with Crippen LogP contribution in [0.15, 0.2) is 6.20 Å². The first kappa shape index (κ1) is 7.99. The lowest BCUT2D eigenvalue weighted by molar-refractivity contribution is 0.570. The average molecular weight is 183 g/mol. The molecule has 2 nitrogen and oxygen atoms in total. The minimum absolute atomic E-state index is 0.377. The average Bonchev–Trinajstić information content (AvgIpc) is 2.07. The highest BCUT2D eigenvalue weighted by molar-refractivity contribution is 6.28. The monoisotopic (exact) mass is 182 g/mol. The summed E-state index contributed by atoms with van der Waals surface area (Å²) in [5, 5.41) is 0.377. The number of nitrogens with zero attached hydrogens (tertiary/aromatic N) is 2. The third-order valence-corrected chi connectivity index (χ3v) is 2.60. The van der Waals surface area contributed by atoms with Crippen molar-refractivity contribution in [2.75, 3.05) is 0 Å². The van der Waals surface area contributed by atoms with Crippen molar-refractivity contribution in [2.24, 2.45) is 0 Å². The molecule has 64 valence electrons. The van der Waals surface area contributed by atoms with Crippen LogP contribution in [0.5, 0.6) is 0 Å². The van der Waals surface area contributed by atoms with E-state index in [4.69, 9.17) is 11.6 Å². The minimum atomic E-state index is 0.377. The molecule has 0 aliphatic heterocycles. The first-order valence-corrected chi connectivity index (χ1v) is 4.66. The molecule has 0 saturated carbocycles. The van der Waals surface area contributed by atoms with Crippen molar-refractivity contribution in [1.82, 2.24) is 9.97 Å².